The van der Waals surface area contributed by atoms with Gasteiger partial charge in [0.25, 0.3) is 0 Å². The first-order chi connectivity index (χ1) is 13.4. The average Bonchev–Trinajstić information content (AvgIpc) is 2.67. The van der Waals surface area contributed by atoms with Crippen LogP contribution in [0.25, 0.3) is 0 Å². The van der Waals surface area contributed by atoms with Gasteiger partial charge in [-0.25, -0.2) is 19.2 Å². The average molecular weight is 408 g/mol. The number of fused-ring (bicyclic) bond motifs is 1. The number of halogens is 2. The second-order valence-corrected chi connectivity index (χ2v) is 7.40. The van der Waals surface area contributed by atoms with Crippen molar-refractivity contribution in [1.82, 2.24) is 20.2 Å². The molecule has 150 valence electrons. The molecule has 0 spiro atoms. The second-order valence-electron chi connectivity index (χ2n) is 6.99. The van der Waals surface area contributed by atoms with Crippen molar-refractivity contribution in [2.45, 2.75) is 38.9 Å². The van der Waals surface area contributed by atoms with Gasteiger partial charge in [-0.3, -0.25) is 0 Å². The minimum atomic E-state index is -0.685. The van der Waals surface area contributed by atoms with Crippen LogP contribution >= 0.6 is 11.6 Å². The minimum absolute atomic E-state index is 0.0565. The molecule has 0 unspecified atom stereocenters. The smallest absolute Gasteiger partial charge is 0.318 e. The Bertz CT molecular complexity index is 864. The SMILES string of the molecule is CC(C)Nc1ncc2c(n1)CN(C(=O)N[C@H](CO)c1ccc(F)c(Cl)c1)CC2. The molecule has 3 rings (SSSR count). The monoisotopic (exact) mass is 407 g/mol. The Kier molecular flexibility index (Phi) is 6.31. The lowest BCUT2D eigenvalue weighted by Crippen LogP contribution is -2.45. The van der Waals surface area contributed by atoms with Crippen molar-refractivity contribution in [3.05, 3.63) is 52.1 Å². The van der Waals surface area contributed by atoms with Crippen LogP contribution in [0.2, 0.25) is 5.02 Å². The van der Waals surface area contributed by atoms with Gasteiger partial charge in [0, 0.05) is 18.8 Å². The van der Waals surface area contributed by atoms with Gasteiger partial charge in [-0.1, -0.05) is 17.7 Å². The number of nitrogens with zero attached hydrogens (tertiary/aromatic N) is 3. The maximum absolute atomic E-state index is 13.4. The zero-order valence-electron chi connectivity index (χ0n) is 15.7. The number of amides is 2. The van der Waals surface area contributed by atoms with E-state index >= 15 is 0 Å². The van der Waals surface area contributed by atoms with Crippen LogP contribution in [0, 0.1) is 5.82 Å². The second kappa shape index (κ2) is 8.70. The number of carbonyl (C=O) groups is 1. The third-order valence-electron chi connectivity index (χ3n) is 4.48. The Morgan fingerprint density at radius 1 is 1.43 bits per heavy atom. The van der Waals surface area contributed by atoms with E-state index in [4.69, 9.17) is 11.6 Å². The molecule has 0 saturated heterocycles. The van der Waals surface area contributed by atoms with Gasteiger partial charge in [-0.15, -0.1) is 0 Å². The summed E-state index contributed by atoms with van der Waals surface area (Å²) >= 11 is 5.81. The van der Waals surface area contributed by atoms with Gasteiger partial charge in [-0.05, 0) is 43.5 Å². The summed E-state index contributed by atoms with van der Waals surface area (Å²) in [6.07, 6.45) is 2.44. The predicted molar refractivity (Wildman–Crippen MR) is 105 cm³/mol. The number of carbonyl (C=O) groups excluding carboxylic acids is 1. The standard InChI is InChI=1S/C19H23ClFN5O2/c1-11(2)23-18-22-8-13-5-6-26(9-16(13)24-18)19(28)25-17(10-27)12-3-4-15(21)14(20)7-12/h3-4,7-8,11,17,27H,5-6,9-10H2,1-2H3,(H,25,28)(H,22,23,24)/t17-/m1/s1. The van der Waals surface area contributed by atoms with E-state index in [0.29, 0.717) is 31.0 Å². The Morgan fingerprint density at radius 2 is 2.21 bits per heavy atom. The topological polar surface area (TPSA) is 90.4 Å². The minimum Gasteiger partial charge on any atom is -0.394 e. The number of anilines is 1. The molecule has 3 N–H and O–H groups in total. The summed E-state index contributed by atoms with van der Waals surface area (Å²) in [5.74, 6) is -0.0169. The summed E-state index contributed by atoms with van der Waals surface area (Å²) in [5.41, 5.74) is 2.35. The third-order valence-corrected chi connectivity index (χ3v) is 4.77. The molecule has 0 saturated carbocycles. The van der Waals surface area contributed by atoms with Crippen molar-refractivity contribution in [3.63, 3.8) is 0 Å². The van der Waals surface area contributed by atoms with Crippen LogP contribution in [0.5, 0.6) is 0 Å². The van der Waals surface area contributed by atoms with E-state index in [1.807, 2.05) is 13.8 Å². The maximum Gasteiger partial charge on any atom is 0.318 e. The number of aliphatic hydroxyl groups excluding tert-OH is 1. The van der Waals surface area contributed by atoms with E-state index in [0.717, 1.165) is 11.3 Å². The van der Waals surface area contributed by atoms with E-state index in [1.165, 1.54) is 18.2 Å². The maximum atomic E-state index is 13.4. The number of hydrogen-bond acceptors (Lipinski definition) is 5. The highest BCUT2D eigenvalue weighted by Crippen LogP contribution is 2.22. The molecule has 2 aromatic rings. The number of urea groups is 1. The van der Waals surface area contributed by atoms with Gasteiger partial charge in [0.05, 0.1) is 29.9 Å². The van der Waals surface area contributed by atoms with E-state index in [-0.39, 0.29) is 23.7 Å². The summed E-state index contributed by atoms with van der Waals surface area (Å²) in [4.78, 5) is 23.1. The number of aromatic nitrogens is 2. The van der Waals surface area contributed by atoms with Gasteiger partial charge < -0.3 is 20.6 Å². The van der Waals surface area contributed by atoms with Gasteiger partial charge in [-0.2, -0.15) is 0 Å². The summed E-state index contributed by atoms with van der Waals surface area (Å²) in [6, 6.07) is 3.29. The molecule has 0 aliphatic carbocycles. The summed E-state index contributed by atoms with van der Waals surface area (Å²) < 4.78 is 13.4. The Morgan fingerprint density at radius 3 is 2.89 bits per heavy atom. The van der Waals surface area contributed by atoms with E-state index in [2.05, 4.69) is 20.6 Å². The molecule has 1 aliphatic heterocycles. The quantitative estimate of drug-likeness (QED) is 0.709. The van der Waals surface area contributed by atoms with Crippen molar-refractivity contribution >= 4 is 23.6 Å². The molecule has 9 heteroatoms. The largest absolute Gasteiger partial charge is 0.394 e. The first-order valence-electron chi connectivity index (χ1n) is 9.10. The normalized spacial score (nSPS) is 14.6. The molecular weight excluding hydrogens is 385 g/mol. The fourth-order valence-corrected chi connectivity index (χ4v) is 3.20. The van der Waals surface area contributed by atoms with Crippen LogP contribution in [0.4, 0.5) is 15.1 Å². The predicted octanol–water partition coefficient (Wildman–Crippen LogP) is 2.89. The number of aliphatic hydroxyl groups is 1. The lowest BCUT2D eigenvalue weighted by atomic mass is 10.1. The molecule has 1 aliphatic rings. The third kappa shape index (κ3) is 4.69. The highest BCUT2D eigenvalue weighted by Gasteiger charge is 2.25. The molecule has 1 atom stereocenters. The molecule has 0 fully saturated rings. The molecule has 28 heavy (non-hydrogen) atoms. The zero-order chi connectivity index (χ0) is 20.3. The van der Waals surface area contributed by atoms with Crippen LogP contribution in [-0.4, -0.2) is 45.2 Å². The van der Waals surface area contributed by atoms with Crippen molar-refractivity contribution < 1.29 is 14.3 Å². The van der Waals surface area contributed by atoms with Crippen LogP contribution in [0.15, 0.2) is 24.4 Å². The van der Waals surface area contributed by atoms with E-state index < -0.39 is 11.9 Å². The lowest BCUT2D eigenvalue weighted by molar-refractivity contribution is 0.176. The summed E-state index contributed by atoms with van der Waals surface area (Å²) in [5, 5.41) is 15.5. The van der Waals surface area contributed by atoms with E-state index in [1.54, 1.807) is 11.1 Å². The highest BCUT2D eigenvalue weighted by molar-refractivity contribution is 6.30. The Hall–Kier alpha value is -2.45. The molecule has 0 radical (unpaired) electrons. The van der Waals surface area contributed by atoms with Crippen molar-refractivity contribution in [2.24, 2.45) is 0 Å². The first-order valence-corrected chi connectivity index (χ1v) is 9.47. The molecule has 0 bridgehead atoms. The summed E-state index contributed by atoms with van der Waals surface area (Å²) in [6.45, 7) is 4.53. The molecule has 1 aromatic heterocycles. The van der Waals surface area contributed by atoms with Gasteiger partial charge in [0.15, 0.2) is 0 Å². The van der Waals surface area contributed by atoms with Crippen LogP contribution in [-0.2, 0) is 13.0 Å². The number of nitrogens with one attached hydrogen (secondary N) is 2. The molecule has 2 heterocycles. The zero-order valence-corrected chi connectivity index (χ0v) is 16.5. The highest BCUT2D eigenvalue weighted by atomic mass is 35.5. The molecule has 1 aromatic carbocycles. The van der Waals surface area contributed by atoms with E-state index in [9.17, 15) is 14.3 Å². The molecular formula is C19H23ClFN5O2. The van der Waals surface area contributed by atoms with Crippen LogP contribution in [0.3, 0.4) is 0 Å². The van der Waals surface area contributed by atoms with Crippen molar-refractivity contribution in [2.75, 3.05) is 18.5 Å². The Balaban J connectivity index is 1.70. The number of rotatable bonds is 5. The van der Waals surface area contributed by atoms with Gasteiger partial charge >= 0.3 is 6.03 Å². The van der Waals surface area contributed by atoms with Crippen molar-refractivity contribution in [1.29, 1.82) is 0 Å². The fraction of sp³-hybridized carbons (Fsp3) is 0.421. The van der Waals surface area contributed by atoms with Crippen LogP contribution in [0.1, 0.15) is 36.7 Å². The first kappa shape index (κ1) is 20.3. The lowest BCUT2D eigenvalue weighted by Gasteiger charge is -2.30. The van der Waals surface area contributed by atoms with Crippen LogP contribution < -0.4 is 10.6 Å². The fourth-order valence-electron chi connectivity index (χ4n) is 3.01. The van der Waals surface area contributed by atoms with Gasteiger partial charge in [0.2, 0.25) is 5.95 Å². The molecule has 2 amide bonds. The number of hydrogen-bond donors (Lipinski definition) is 3. The Labute approximate surface area is 167 Å². The number of benzene rings is 1. The van der Waals surface area contributed by atoms with Crippen molar-refractivity contribution in [3.8, 4) is 0 Å². The molecule has 7 nitrogen and oxygen atoms in total. The summed E-state index contributed by atoms with van der Waals surface area (Å²) in [7, 11) is 0. The van der Waals surface area contributed by atoms with Gasteiger partial charge in [0.1, 0.15) is 5.82 Å².